The summed E-state index contributed by atoms with van der Waals surface area (Å²) in [6, 6.07) is 14.8. The molecule has 1 aliphatic rings. The Hall–Kier alpha value is -1.91. The molecule has 0 saturated carbocycles. The third-order valence-corrected chi connectivity index (χ3v) is 4.53. The predicted octanol–water partition coefficient (Wildman–Crippen LogP) is 3.50. The fraction of sp³-hybridized carbons (Fsp3) is 0.368. The summed E-state index contributed by atoms with van der Waals surface area (Å²) in [5.74, 6) is 0.664. The van der Waals surface area contributed by atoms with E-state index >= 15 is 0 Å². The standard InChI is InChI=1S/C19H23FN2O/c1-23-15-7-4-6-14(12-15)13-22-11-5-10-18(21)19(22)16-8-2-3-9-17(16)20/h2-4,6-9,12,18-19H,5,10-11,13,21H2,1H3/t18-,19+/m1/s1. The second-order valence-electron chi connectivity index (χ2n) is 6.09. The van der Waals surface area contributed by atoms with Crippen molar-refractivity contribution in [3.8, 4) is 5.75 Å². The van der Waals surface area contributed by atoms with Crippen LogP contribution >= 0.6 is 0 Å². The smallest absolute Gasteiger partial charge is 0.128 e. The number of nitrogens with zero attached hydrogens (tertiary/aromatic N) is 1. The van der Waals surface area contributed by atoms with Gasteiger partial charge in [-0.25, -0.2) is 4.39 Å². The number of hydrogen-bond acceptors (Lipinski definition) is 3. The molecule has 1 fully saturated rings. The maximum Gasteiger partial charge on any atom is 0.128 e. The van der Waals surface area contributed by atoms with E-state index < -0.39 is 0 Å². The Labute approximate surface area is 136 Å². The second kappa shape index (κ2) is 7.11. The van der Waals surface area contributed by atoms with Gasteiger partial charge in [0.05, 0.1) is 13.2 Å². The van der Waals surface area contributed by atoms with Crippen molar-refractivity contribution in [3.63, 3.8) is 0 Å². The summed E-state index contributed by atoms with van der Waals surface area (Å²) in [5.41, 5.74) is 8.20. The molecule has 2 aromatic rings. The van der Waals surface area contributed by atoms with Crippen LogP contribution in [0.25, 0.3) is 0 Å². The molecule has 122 valence electrons. The molecule has 1 heterocycles. The van der Waals surface area contributed by atoms with Gasteiger partial charge in [-0.3, -0.25) is 4.90 Å². The van der Waals surface area contributed by atoms with E-state index in [1.54, 1.807) is 13.2 Å². The van der Waals surface area contributed by atoms with Crippen molar-refractivity contribution in [3.05, 3.63) is 65.5 Å². The molecule has 2 N–H and O–H groups in total. The number of hydrogen-bond donors (Lipinski definition) is 1. The van der Waals surface area contributed by atoms with Crippen molar-refractivity contribution < 1.29 is 9.13 Å². The number of nitrogens with two attached hydrogens (primary N) is 1. The summed E-state index contributed by atoms with van der Waals surface area (Å²) in [4.78, 5) is 2.28. The van der Waals surface area contributed by atoms with Crippen LogP contribution in [0.4, 0.5) is 4.39 Å². The summed E-state index contributed by atoms with van der Waals surface area (Å²) in [6.45, 7) is 1.66. The highest BCUT2D eigenvalue weighted by atomic mass is 19.1. The molecular formula is C19H23FN2O. The number of halogens is 1. The van der Waals surface area contributed by atoms with Gasteiger partial charge in [0.2, 0.25) is 0 Å². The fourth-order valence-corrected chi connectivity index (χ4v) is 3.42. The number of likely N-dealkylation sites (tertiary alicyclic amines) is 1. The van der Waals surface area contributed by atoms with E-state index in [9.17, 15) is 4.39 Å². The second-order valence-corrected chi connectivity index (χ2v) is 6.09. The number of piperidine rings is 1. The molecule has 0 amide bonds. The molecule has 0 unspecified atom stereocenters. The van der Waals surface area contributed by atoms with Crippen LogP contribution in [0.15, 0.2) is 48.5 Å². The van der Waals surface area contributed by atoms with Crippen molar-refractivity contribution in [1.82, 2.24) is 4.90 Å². The van der Waals surface area contributed by atoms with Crippen molar-refractivity contribution in [2.24, 2.45) is 5.73 Å². The minimum atomic E-state index is -0.175. The number of methoxy groups -OCH3 is 1. The lowest BCUT2D eigenvalue weighted by molar-refractivity contribution is 0.117. The minimum absolute atomic E-state index is 0.0498. The Morgan fingerprint density at radius 2 is 2.04 bits per heavy atom. The van der Waals surface area contributed by atoms with E-state index in [4.69, 9.17) is 10.5 Å². The van der Waals surface area contributed by atoms with E-state index in [1.165, 1.54) is 6.07 Å². The molecule has 0 aliphatic carbocycles. The van der Waals surface area contributed by atoms with E-state index in [2.05, 4.69) is 11.0 Å². The highest BCUT2D eigenvalue weighted by molar-refractivity contribution is 5.29. The van der Waals surface area contributed by atoms with Gasteiger partial charge in [-0.05, 0) is 43.1 Å². The van der Waals surface area contributed by atoms with Crippen molar-refractivity contribution in [2.75, 3.05) is 13.7 Å². The number of benzene rings is 2. The molecule has 2 aromatic carbocycles. The van der Waals surface area contributed by atoms with Crippen LogP contribution in [0.1, 0.15) is 30.0 Å². The maximum atomic E-state index is 14.3. The van der Waals surface area contributed by atoms with Gasteiger partial charge in [0.15, 0.2) is 0 Å². The van der Waals surface area contributed by atoms with Crippen LogP contribution in [0.3, 0.4) is 0 Å². The van der Waals surface area contributed by atoms with Gasteiger partial charge in [-0.1, -0.05) is 30.3 Å². The first kappa shape index (κ1) is 16.0. The summed E-state index contributed by atoms with van der Waals surface area (Å²) in [5, 5.41) is 0. The molecule has 23 heavy (non-hydrogen) atoms. The topological polar surface area (TPSA) is 38.5 Å². The summed E-state index contributed by atoms with van der Waals surface area (Å²) in [7, 11) is 1.66. The predicted molar refractivity (Wildman–Crippen MR) is 89.8 cm³/mol. The molecule has 4 heteroatoms. The van der Waals surface area contributed by atoms with Gasteiger partial charge in [-0.2, -0.15) is 0 Å². The first-order chi connectivity index (χ1) is 11.2. The molecule has 0 bridgehead atoms. The molecule has 0 aromatic heterocycles. The fourth-order valence-electron chi connectivity index (χ4n) is 3.42. The van der Waals surface area contributed by atoms with Crippen LogP contribution in [0, 0.1) is 5.82 Å². The highest BCUT2D eigenvalue weighted by Crippen LogP contribution is 2.33. The lowest BCUT2D eigenvalue weighted by atomic mass is 9.90. The Balaban J connectivity index is 1.87. The van der Waals surface area contributed by atoms with Crippen molar-refractivity contribution >= 4 is 0 Å². The van der Waals surface area contributed by atoms with Crippen LogP contribution in [0.5, 0.6) is 5.75 Å². The van der Waals surface area contributed by atoms with Crippen molar-refractivity contribution in [2.45, 2.75) is 31.5 Å². The lowest BCUT2D eigenvalue weighted by Crippen LogP contribution is -2.45. The Morgan fingerprint density at radius 1 is 1.22 bits per heavy atom. The number of ether oxygens (including phenoxy) is 1. The van der Waals surface area contributed by atoms with Crippen molar-refractivity contribution in [1.29, 1.82) is 0 Å². The lowest BCUT2D eigenvalue weighted by Gasteiger charge is -2.40. The molecule has 2 atom stereocenters. The van der Waals surface area contributed by atoms with Gasteiger partial charge in [0.25, 0.3) is 0 Å². The van der Waals surface area contributed by atoms with Gasteiger partial charge in [0.1, 0.15) is 11.6 Å². The van der Waals surface area contributed by atoms with Crippen LogP contribution in [-0.4, -0.2) is 24.6 Å². The Kier molecular flexibility index (Phi) is 4.94. The maximum absolute atomic E-state index is 14.3. The van der Waals surface area contributed by atoms with Crippen LogP contribution in [-0.2, 0) is 6.54 Å². The van der Waals surface area contributed by atoms with E-state index in [0.717, 1.165) is 37.2 Å². The van der Waals surface area contributed by atoms with Gasteiger partial charge in [0, 0.05) is 18.2 Å². The largest absolute Gasteiger partial charge is 0.497 e. The first-order valence-electron chi connectivity index (χ1n) is 8.06. The summed E-state index contributed by atoms with van der Waals surface area (Å²) in [6.07, 6.45) is 1.96. The van der Waals surface area contributed by atoms with E-state index in [1.807, 2.05) is 30.3 Å². The van der Waals surface area contributed by atoms with Gasteiger partial charge < -0.3 is 10.5 Å². The normalized spacial score (nSPS) is 22.0. The van der Waals surface area contributed by atoms with Crippen LogP contribution in [0.2, 0.25) is 0 Å². The van der Waals surface area contributed by atoms with E-state index in [0.29, 0.717) is 5.56 Å². The molecule has 0 radical (unpaired) electrons. The molecule has 1 aliphatic heterocycles. The average Bonchev–Trinajstić information content (AvgIpc) is 2.56. The number of rotatable bonds is 4. The Bertz CT molecular complexity index is 661. The molecule has 0 spiro atoms. The molecular weight excluding hydrogens is 291 g/mol. The zero-order valence-electron chi connectivity index (χ0n) is 13.4. The summed E-state index contributed by atoms with van der Waals surface area (Å²) < 4.78 is 19.6. The molecule has 1 saturated heterocycles. The zero-order valence-corrected chi connectivity index (χ0v) is 13.4. The highest BCUT2D eigenvalue weighted by Gasteiger charge is 2.32. The Morgan fingerprint density at radius 3 is 2.83 bits per heavy atom. The van der Waals surface area contributed by atoms with E-state index in [-0.39, 0.29) is 17.9 Å². The molecule has 3 rings (SSSR count). The molecule has 3 nitrogen and oxygen atoms in total. The van der Waals surface area contributed by atoms with Gasteiger partial charge >= 0.3 is 0 Å². The SMILES string of the molecule is COc1cccc(CN2CCC[C@@H](N)[C@@H]2c2ccccc2F)c1. The third-order valence-electron chi connectivity index (χ3n) is 4.53. The minimum Gasteiger partial charge on any atom is -0.497 e. The van der Waals surface area contributed by atoms with Crippen LogP contribution < -0.4 is 10.5 Å². The monoisotopic (exact) mass is 314 g/mol. The first-order valence-corrected chi connectivity index (χ1v) is 8.06. The average molecular weight is 314 g/mol. The quantitative estimate of drug-likeness (QED) is 0.939. The van der Waals surface area contributed by atoms with Gasteiger partial charge in [-0.15, -0.1) is 0 Å². The third kappa shape index (κ3) is 3.54. The summed E-state index contributed by atoms with van der Waals surface area (Å²) >= 11 is 0. The zero-order chi connectivity index (χ0) is 16.2.